The Labute approximate surface area is 202 Å². The minimum Gasteiger partial charge on any atom is -0.497 e. The van der Waals surface area contributed by atoms with Crippen LogP contribution in [0.1, 0.15) is 31.7 Å². The smallest absolute Gasteiger partial charge is 0.222 e. The molecule has 7 nitrogen and oxygen atoms in total. The van der Waals surface area contributed by atoms with E-state index in [0.717, 1.165) is 41.8 Å². The average molecular weight is 468 g/mol. The Bertz CT molecular complexity index is 989. The van der Waals surface area contributed by atoms with Crippen molar-refractivity contribution in [1.29, 1.82) is 0 Å². The predicted molar refractivity (Wildman–Crippen MR) is 134 cm³/mol. The number of ether oxygens (including phenoxy) is 3. The standard InChI is InChI=1S/C27H37N3O4/c1-5-6-12-22(31)19-30(17-18-32-3)20-25-26(21-10-8-7-9-11-21)28-29(2)27(25)34-24-15-13-23(33-4)14-16-24/h7-11,13-16,22,31H,5-6,12,17-20H2,1-4H3/t22-/m0/s1. The lowest BCUT2D eigenvalue weighted by molar-refractivity contribution is 0.0788. The molecule has 0 aliphatic carbocycles. The van der Waals surface area contributed by atoms with Gasteiger partial charge in [-0.3, -0.25) is 4.90 Å². The molecular weight excluding hydrogens is 430 g/mol. The summed E-state index contributed by atoms with van der Waals surface area (Å²) >= 11 is 0. The Morgan fingerprint density at radius 1 is 1.03 bits per heavy atom. The molecule has 1 heterocycles. The van der Waals surface area contributed by atoms with Crippen molar-refractivity contribution in [1.82, 2.24) is 14.7 Å². The highest BCUT2D eigenvalue weighted by atomic mass is 16.5. The third-order valence-corrected chi connectivity index (χ3v) is 5.76. The fraction of sp³-hybridized carbons (Fsp3) is 0.444. The number of aliphatic hydroxyl groups is 1. The number of benzene rings is 2. The average Bonchev–Trinajstić information content (AvgIpc) is 3.16. The molecule has 2 aromatic carbocycles. The summed E-state index contributed by atoms with van der Waals surface area (Å²) in [5.41, 5.74) is 2.87. The van der Waals surface area contributed by atoms with Gasteiger partial charge in [-0.05, 0) is 30.7 Å². The quantitative estimate of drug-likeness (QED) is 0.364. The van der Waals surface area contributed by atoms with Crippen LogP contribution in [0.3, 0.4) is 0 Å². The summed E-state index contributed by atoms with van der Waals surface area (Å²) in [5.74, 6) is 2.15. The summed E-state index contributed by atoms with van der Waals surface area (Å²) in [7, 11) is 5.23. The first-order chi connectivity index (χ1) is 16.5. The second-order valence-electron chi connectivity index (χ2n) is 8.42. The lowest BCUT2D eigenvalue weighted by atomic mass is 10.1. The minimum atomic E-state index is -0.389. The van der Waals surface area contributed by atoms with Crippen molar-refractivity contribution in [3.63, 3.8) is 0 Å². The number of methoxy groups -OCH3 is 2. The molecule has 7 heteroatoms. The lowest BCUT2D eigenvalue weighted by Crippen LogP contribution is -2.34. The number of aryl methyl sites for hydroxylation is 1. The van der Waals surface area contributed by atoms with Gasteiger partial charge in [0.2, 0.25) is 5.88 Å². The molecule has 0 aliphatic heterocycles. The van der Waals surface area contributed by atoms with E-state index in [4.69, 9.17) is 19.3 Å². The molecule has 1 aromatic heterocycles. The van der Waals surface area contributed by atoms with Crippen LogP contribution in [0.4, 0.5) is 0 Å². The molecule has 0 amide bonds. The molecule has 0 unspecified atom stereocenters. The molecule has 3 rings (SSSR count). The van der Waals surface area contributed by atoms with Crippen LogP contribution in [0, 0.1) is 0 Å². The van der Waals surface area contributed by atoms with E-state index in [9.17, 15) is 5.11 Å². The van der Waals surface area contributed by atoms with Crippen LogP contribution in [0.15, 0.2) is 54.6 Å². The van der Waals surface area contributed by atoms with Gasteiger partial charge in [0, 0.05) is 39.4 Å². The van der Waals surface area contributed by atoms with Gasteiger partial charge in [0.05, 0.1) is 25.4 Å². The summed E-state index contributed by atoms with van der Waals surface area (Å²) in [6, 6.07) is 17.6. The number of hydrogen-bond acceptors (Lipinski definition) is 6. The molecule has 0 aliphatic rings. The van der Waals surface area contributed by atoms with E-state index in [1.165, 1.54) is 0 Å². The van der Waals surface area contributed by atoms with Gasteiger partial charge in [0.15, 0.2) is 0 Å². The summed E-state index contributed by atoms with van der Waals surface area (Å²) in [6.45, 7) is 4.56. The van der Waals surface area contributed by atoms with E-state index in [2.05, 4.69) is 24.0 Å². The van der Waals surface area contributed by atoms with Crippen LogP contribution in [-0.4, -0.2) is 59.8 Å². The zero-order chi connectivity index (χ0) is 24.3. The number of aromatic nitrogens is 2. The van der Waals surface area contributed by atoms with Crippen LogP contribution >= 0.6 is 0 Å². The van der Waals surface area contributed by atoms with Gasteiger partial charge >= 0.3 is 0 Å². The fourth-order valence-corrected chi connectivity index (χ4v) is 3.91. The SMILES string of the molecule is CCCC[C@H](O)CN(CCOC)Cc1c(-c2ccccc2)nn(C)c1Oc1ccc(OC)cc1. The van der Waals surface area contributed by atoms with Crippen LogP contribution < -0.4 is 9.47 Å². The number of aliphatic hydroxyl groups excluding tert-OH is 1. The van der Waals surface area contributed by atoms with Crippen LogP contribution in [0.25, 0.3) is 11.3 Å². The highest BCUT2D eigenvalue weighted by molar-refractivity contribution is 5.65. The van der Waals surface area contributed by atoms with E-state index in [1.54, 1.807) is 18.9 Å². The van der Waals surface area contributed by atoms with Gasteiger partial charge in [-0.15, -0.1) is 0 Å². The summed E-state index contributed by atoms with van der Waals surface area (Å²) in [4.78, 5) is 2.22. The Morgan fingerprint density at radius 2 is 1.74 bits per heavy atom. The van der Waals surface area contributed by atoms with Crippen molar-refractivity contribution >= 4 is 0 Å². The van der Waals surface area contributed by atoms with E-state index in [-0.39, 0.29) is 6.10 Å². The molecular formula is C27H37N3O4. The number of hydrogen-bond donors (Lipinski definition) is 1. The van der Waals surface area contributed by atoms with Crippen LogP contribution in [0.5, 0.6) is 17.4 Å². The monoisotopic (exact) mass is 467 g/mol. The van der Waals surface area contributed by atoms with Gasteiger partial charge in [0.25, 0.3) is 0 Å². The predicted octanol–water partition coefficient (Wildman–Crippen LogP) is 4.89. The zero-order valence-corrected chi connectivity index (χ0v) is 20.7. The maximum Gasteiger partial charge on any atom is 0.222 e. The topological polar surface area (TPSA) is 69.0 Å². The molecule has 0 spiro atoms. The Kier molecular flexibility index (Phi) is 9.94. The first kappa shape index (κ1) is 25.7. The molecule has 0 saturated carbocycles. The second kappa shape index (κ2) is 13.1. The maximum atomic E-state index is 10.6. The normalized spacial score (nSPS) is 12.2. The highest BCUT2D eigenvalue weighted by Crippen LogP contribution is 2.34. The van der Waals surface area contributed by atoms with Crippen LogP contribution in [0.2, 0.25) is 0 Å². The van der Waals surface area contributed by atoms with Crippen molar-refractivity contribution in [2.24, 2.45) is 7.05 Å². The van der Waals surface area contributed by atoms with Gasteiger partial charge < -0.3 is 19.3 Å². The summed E-state index contributed by atoms with van der Waals surface area (Å²) in [5, 5.41) is 15.4. The highest BCUT2D eigenvalue weighted by Gasteiger charge is 2.23. The molecule has 34 heavy (non-hydrogen) atoms. The first-order valence-corrected chi connectivity index (χ1v) is 11.9. The van der Waals surface area contributed by atoms with E-state index >= 15 is 0 Å². The Hall–Kier alpha value is -2.87. The molecule has 0 bridgehead atoms. The second-order valence-corrected chi connectivity index (χ2v) is 8.42. The molecule has 1 atom stereocenters. The summed E-state index contributed by atoms with van der Waals surface area (Å²) < 4.78 is 18.7. The Morgan fingerprint density at radius 3 is 2.38 bits per heavy atom. The van der Waals surface area contributed by atoms with E-state index in [1.807, 2.05) is 49.5 Å². The van der Waals surface area contributed by atoms with Crippen molar-refractivity contribution in [2.45, 2.75) is 38.8 Å². The molecule has 0 radical (unpaired) electrons. The fourth-order valence-electron chi connectivity index (χ4n) is 3.91. The largest absolute Gasteiger partial charge is 0.497 e. The molecule has 0 saturated heterocycles. The van der Waals surface area contributed by atoms with Crippen molar-refractivity contribution in [3.8, 4) is 28.6 Å². The van der Waals surface area contributed by atoms with Gasteiger partial charge in [-0.2, -0.15) is 5.10 Å². The van der Waals surface area contributed by atoms with Crippen LogP contribution in [-0.2, 0) is 18.3 Å². The van der Waals surface area contributed by atoms with Gasteiger partial charge in [-0.25, -0.2) is 4.68 Å². The van der Waals surface area contributed by atoms with Gasteiger partial charge in [-0.1, -0.05) is 50.1 Å². The molecule has 0 fully saturated rings. The lowest BCUT2D eigenvalue weighted by Gasteiger charge is -2.25. The number of rotatable bonds is 14. The molecule has 3 aromatic rings. The summed E-state index contributed by atoms with van der Waals surface area (Å²) in [6.07, 6.45) is 2.47. The van der Waals surface area contributed by atoms with E-state index in [0.29, 0.717) is 37.9 Å². The maximum absolute atomic E-state index is 10.6. The zero-order valence-electron chi connectivity index (χ0n) is 20.7. The number of unbranched alkanes of at least 4 members (excludes halogenated alkanes) is 1. The molecule has 184 valence electrons. The third kappa shape index (κ3) is 7.06. The minimum absolute atomic E-state index is 0.389. The van der Waals surface area contributed by atoms with Crippen molar-refractivity contribution in [3.05, 3.63) is 60.2 Å². The van der Waals surface area contributed by atoms with Gasteiger partial charge in [0.1, 0.15) is 17.2 Å². The van der Waals surface area contributed by atoms with Crippen molar-refractivity contribution in [2.75, 3.05) is 33.9 Å². The third-order valence-electron chi connectivity index (χ3n) is 5.76. The Balaban J connectivity index is 1.94. The number of nitrogens with zero attached hydrogens (tertiary/aromatic N) is 3. The molecule has 1 N–H and O–H groups in total. The van der Waals surface area contributed by atoms with Crippen molar-refractivity contribution < 1.29 is 19.3 Å². The van der Waals surface area contributed by atoms with E-state index < -0.39 is 0 Å². The first-order valence-electron chi connectivity index (χ1n) is 11.9.